The second-order valence-corrected chi connectivity index (χ2v) is 6.21. The van der Waals surface area contributed by atoms with Crippen LogP contribution >= 0.6 is 0 Å². The Kier molecular flexibility index (Phi) is 3.80. The number of carbonyl (C=O) groups is 1. The second-order valence-electron chi connectivity index (χ2n) is 6.21. The highest BCUT2D eigenvalue weighted by Gasteiger charge is 2.17. The number of aromatic carboxylic acids is 1. The molecule has 0 atom stereocenters. The molecule has 1 N–H and O–H groups in total. The topological polar surface area (TPSA) is 60.0 Å². The van der Waals surface area contributed by atoms with Gasteiger partial charge in [0.2, 0.25) is 0 Å². The van der Waals surface area contributed by atoms with E-state index in [1.807, 2.05) is 37.5 Å². The van der Waals surface area contributed by atoms with Crippen molar-refractivity contribution in [3.63, 3.8) is 0 Å². The molecule has 0 aliphatic carbocycles. The third-order valence-corrected chi connectivity index (χ3v) is 4.43. The molecular formula is C20H16FN3O2. The lowest BCUT2D eigenvalue weighted by Crippen LogP contribution is -1.98. The van der Waals surface area contributed by atoms with Crippen LogP contribution in [0.2, 0.25) is 0 Å². The number of aromatic nitrogens is 3. The predicted molar refractivity (Wildman–Crippen MR) is 96.6 cm³/mol. The molecule has 2 aromatic heterocycles. The molecule has 0 radical (unpaired) electrons. The smallest absolute Gasteiger partial charge is 0.337 e. The van der Waals surface area contributed by atoms with Gasteiger partial charge in [-0.15, -0.1) is 0 Å². The second kappa shape index (κ2) is 6.15. The minimum atomic E-state index is -1.13. The van der Waals surface area contributed by atoms with Crippen molar-refractivity contribution in [3.8, 4) is 11.1 Å². The lowest BCUT2D eigenvalue weighted by atomic mass is 10.1. The Morgan fingerprint density at radius 2 is 1.88 bits per heavy atom. The lowest BCUT2D eigenvalue weighted by Gasteiger charge is -2.07. The van der Waals surface area contributed by atoms with E-state index in [9.17, 15) is 14.3 Å². The van der Waals surface area contributed by atoms with Gasteiger partial charge in [0.15, 0.2) is 0 Å². The highest BCUT2D eigenvalue weighted by Crippen LogP contribution is 2.26. The van der Waals surface area contributed by atoms with Crippen LogP contribution in [-0.2, 0) is 13.6 Å². The lowest BCUT2D eigenvalue weighted by molar-refractivity contribution is 0.0698. The van der Waals surface area contributed by atoms with Crippen molar-refractivity contribution in [1.29, 1.82) is 0 Å². The van der Waals surface area contributed by atoms with Crippen molar-refractivity contribution in [2.45, 2.75) is 6.54 Å². The average Bonchev–Trinajstić information content (AvgIpc) is 3.21. The third-order valence-electron chi connectivity index (χ3n) is 4.43. The Balaban J connectivity index is 1.69. The van der Waals surface area contributed by atoms with Gasteiger partial charge in [-0.25, -0.2) is 9.18 Å². The predicted octanol–water partition coefficient (Wildman–Crippen LogP) is 3.93. The molecule has 0 aliphatic heterocycles. The SMILES string of the molecule is Cn1cc(-c2ccc(Cn3cc(C(=O)O)c4c(F)cccc43)cc2)cn1. The van der Waals surface area contributed by atoms with Crippen LogP contribution in [0.5, 0.6) is 0 Å². The number of fused-ring (bicyclic) bond motifs is 1. The summed E-state index contributed by atoms with van der Waals surface area (Å²) in [6.07, 6.45) is 5.23. The molecule has 2 heterocycles. The Morgan fingerprint density at radius 3 is 2.54 bits per heavy atom. The minimum Gasteiger partial charge on any atom is -0.478 e. The van der Waals surface area contributed by atoms with Gasteiger partial charge in [0.25, 0.3) is 0 Å². The van der Waals surface area contributed by atoms with Crippen LogP contribution in [0.1, 0.15) is 15.9 Å². The van der Waals surface area contributed by atoms with E-state index in [0.29, 0.717) is 12.1 Å². The molecule has 0 unspecified atom stereocenters. The van der Waals surface area contributed by atoms with Crippen LogP contribution in [0.15, 0.2) is 61.1 Å². The molecule has 0 spiro atoms. The van der Waals surface area contributed by atoms with Crippen LogP contribution in [0.4, 0.5) is 4.39 Å². The molecule has 0 aliphatic rings. The van der Waals surface area contributed by atoms with E-state index in [-0.39, 0.29) is 10.9 Å². The summed E-state index contributed by atoms with van der Waals surface area (Å²) in [6, 6.07) is 12.6. The summed E-state index contributed by atoms with van der Waals surface area (Å²) in [5, 5.41) is 13.7. The first-order valence-corrected chi connectivity index (χ1v) is 8.11. The van der Waals surface area contributed by atoms with Gasteiger partial charge in [0.05, 0.1) is 17.3 Å². The molecule has 6 heteroatoms. The molecular weight excluding hydrogens is 333 g/mol. The van der Waals surface area contributed by atoms with Gasteiger partial charge in [-0.1, -0.05) is 30.3 Å². The van der Waals surface area contributed by atoms with E-state index in [1.54, 1.807) is 27.6 Å². The largest absolute Gasteiger partial charge is 0.478 e. The molecule has 0 fully saturated rings. The van der Waals surface area contributed by atoms with E-state index < -0.39 is 11.8 Å². The van der Waals surface area contributed by atoms with Crippen molar-refractivity contribution in [3.05, 3.63) is 78.0 Å². The molecule has 4 rings (SSSR count). The number of benzene rings is 2. The number of rotatable bonds is 4. The van der Waals surface area contributed by atoms with Crippen molar-refractivity contribution in [2.75, 3.05) is 0 Å². The van der Waals surface area contributed by atoms with Gasteiger partial charge in [-0.3, -0.25) is 4.68 Å². The molecule has 2 aromatic carbocycles. The first kappa shape index (κ1) is 16.1. The maximum atomic E-state index is 14.1. The Bertz CT molecular complexity index is 1110. The van der Waals surface area contributed by atoms with E-state index in [4.69, 9.17) is 0 Å². The van der Waals surface area contributed by atoms with Gasteiger partial charge in [-0.2, -0.15) is 5.10 Å². The molecule has 0 saturated heterocycles. The van der Waals surface area contributed by atoms with Gasteiger partial charge < -0.3 is 9.67 Å². The first-order valence-electron chi connectivity index (χ1n) is 8.11. The Labute approximate surface area is 148 Å². The van der Waals surface area contributed by atoms with Crippen LogP contribution in [-0.4, -0.2) is 25.4 Å². The Morgan fingerprint density at radius 1 is 1.12 bits per heavy atom. The average molecular weight is 349 g/mol. The summed E-state index contributed by atoms with van der Waals surface area (Å²) < 4.78 is 17.6. The van der Waals surface area contributed by atoms with Gasteiger partial charge in [-0.05, 0) is 23.3 Å². The van der Waals surface area contributed by atoms with E-state index in [0.717, 1.165) is 16.7 Å². The summed E-state index contributed by atoms with van der Waals surface area (Å²) in [7, 11) is 1.87. The number of aryl methyl sites for hydroxylation is 1. The number of halogens is 1. The van der Waals surface area contributed by atoms with Crippen LogP contribution < -0.4 is 0 Å². The molecule has 5 nitrogen and oxygen atoms in total. The fourth-order valence-corrected chi connectivity index (χ4v) is 3.17. The van der Waals surface area contributed by atoms with E-state index in [1.165, 1.54) is 12.3 Å². The first-order chi connectivity index (χ1) is 12.5. The van der Waals surface area contributed by atoms with Crippen LogP contribution in [0, 0.1) is 5.82 Å². The van der Waals surface area contributed by atoms with E-state index in [2.05, 4.69) is 5.10 Å². The van der Waals surface area contributed by atoms with Crippen molar-refractivity contribution in [2.24, 2.45) is 7.05 Å². The number of nitrogens with zero attached hydrogens (tertiary/aromatic N) is 3. The number of hydrogen-bond acceptors (Lipinski definition) is 2. The molecule has 0 amide bonds. The summed E-state index contributed by atoms with van der Waals surface area (Å²) in [4.78, 5) is 11.4. The van der Waals surface area contributed by atoms with Gasteiger partial charge in [0.1, 0.15) is 5.82 Å². The summed E-state index contributed by atoms with van der Waals surface area (Å²) in [5.74, 6) is -1.66. The van der Waals surface area contributed by atoms with E-state index >= 15 is 0 Å². The van der Waals surface area contributed by atoms with Crippen molar-refractivity contribution < 1.29 is 14.3 Å². The van der Waals surface area contributed by atoms with Gasteiger partial charge in [0, 0.05) is 36.9 Å². The fraction of sp³-hybridized carbons (Fsp3) is 0.100. The maximum Gasteiger partial charge on any atom is 0.337 e. The molecule has 0 bridgehead atoms. The van der Waals surface area contributed by atoms with Crippen LogP contribution in [0.3, 0.4) is 0 Å². The molecule has 26 heavy (non-hydrogen) atoms. The zero-order valence-electron chi connectivity index (χ0n) is 14.1. The summed E-state index contributed by atoms with van der Waals surface area (Å²) >= 11 is 0. The number of carboxylic acid groups (broad SMARTS) is 1. The quantitative estimate of drug-likeness (QED) is 0.607. The number of carboxylic acids is 1. The van der Waals surface area contributed by atoms with Crippen molar-refractivity contribution >= 4 is 16.9 Å². The monoisotopic (exact) mass is 349 g/mol. The minimum absolute atomic E-state index is 0.0231. The highest BCUT2D eigenvalue weighted by molar-refractivity contribution is 6.03. The van der Waals surface area contributed by atoms with Crippen molar-refractivity contribution in [1.82, 2.24) is 14.3 Å². The summed E-state index contributed by atoms with van der Waals surface area (Å²) in [6.45, 7) is 0.459. The maximum absolute atomic E-state index is 14.1. The van der Waals surface area contributed by atoms with Crippen LogP contribution in [0.25, 0.3) is 22.0 Å². The van der Waals surface area contributed by atoms with Gasteiger partial charge >= 0.3 is 5.97 Å². The fourth-order valence-electron chi connectivity index (χ4n) is 3.17. The zero-order valence-corrected chi connectivity index (χ0v) is 14.1. The number of hydrogen-bond donors (Lipinski definition) is 1. The highest BCUT2D eigenvalue weighted by atomic mass is 19.1. The molecule has 0 saturated carbocycles. The molecule has 130 valence electrons. The Hall–Kier alpha value is -3.41. The molecule has 4 aromatic rings. The summed E-state index contributed by atoms with van der Waals surface area (Å²) in [5.41, 5.74) is 3.62. The zero-order chi connectivity index (χ0) is 18.3. The third kappa shape index (κ3) is 2.75. The normalized spacial score (nSPS) is 11.2. The standard InChI is InChI=1S/C20H16FN3O2/c1-23-11-15(9-22-23)14-7-5-13(6-8-14)10-24-12-16(20(25)26)19-17(21)3-2-4-18(19)24/h2-9,11-12H,10H2,1H3,(H,25,26).